The molecule has 1 aromatic heterocycles. The van der Waals surface area contributed by atoms with Gasteiger partial charge in [-0.25, -0.2) is 4.79 Å². The topological polar surface area (TPSA) is 95.5 Å². The van der Waals surface area contributed by atoms with Crippen molar-refractivity contribution in [1.82, 2.24) is 0 Å². The van der Waals surface area contributed by atoms with E-state index in [1.165, 1.54) is 23.5 Å². The molecule has 2 aromatic carbocycles. The van der Waals surface area contributed by atoms with Crippen LogP contribution in [0.5, 0.6) is 0 Å². The number of thiophene rings is 1. The van der Waals surface area contributed by atoms with Gasteiger partial charge in [-0.05, 0) is 52.8 Å². The summed E-state index contributed by atoms with van der Waals surface area (Å²) in [5.74, 6) is -1.82. The van der Waals surface area contributed by atoms with Gasteiger partial charge in [0, 0.05) is 11.3 Å². The van der Waals surface area contributed by atoms with E-state index in [2.05, 4.69) is 31.4 Å². The number of rotatable bonds is 5. The summed E-state index contributed by atoms with van der Waals surface area (Å²) in [6.07, 6.45) is 0. The molecular weight excluding hydrogens is 400 g/mol. The van der Waals surface area contributed by atoms with Crippen LogP contribution in [0.15, 0.2) is 60.0 Å². The van der Waals surface area contributed by atoms with E-state index < -0.39 is 11.9 Å². The van der Waals surface area contributed by atoms with Gasteiger partial charge in [0.1, 0.15) is 5.00 Å². The minimum atomic E-state index is -1.08. The van der Waals surface area contributed by atoms with Crippen LogP contribution < -0.4 is 10.6 Å². The number of benzene rings is 2. The van der Waals surface area contributed by atoms with Crippen molar-refractivity contribution in [3.8, 4) is 0 Å². The zero-order valence-electron chi connectivity index (χ0n) is 16.9. The van der Waals surface area contributed by atoms with Gasteiger partial charge in [-0.3, -0.25) is 9.59 Å². The van der Waals surface area contributed by atoms with Crippen LogP contribution in [0.2, 0.25) is 0 Å². The number of hydrogen-bond acceptors (Lipinski definition) is 4. The van der Waals surface area contributed by atoms with E-state index in [1.54, 1.807) is 35.7 Å². The number of amides is 2. The SMILES string of the molecule is CC(C)(C)c1ccc(C(=O)Nc2sccc2C(=O)Nc2cccc(C(=O)O)c2)cc1. The third-order valence-corrected chi connectivity index (χ3v) is 5.35. The fourth-order valence-electron chi connectivity index (χ4n) is 2.81. The molecule has 0 aliphatic heterocycles. The van der Waals surface area contributed by atoms with Gasteiger partial charge in [0.2, 0.25) is 0 Å². The smallest absolute Gasteiger partial charge is 0.335 e. The highest BCUT2D eigenvalue weighted by Crippen LogP contribution is 2.26. The summed E-state index contributed by atoms with van der Waals surface area (Å²) in [6.45, 7) is 6.31. The Balaban J connectivity index is 1.73. The first-order valence-corrected chi connectivity index (χ1v) is 10.2. The van der Waals surface area contributed by atoms with E-state index in [9.17, 15) is 14.4 Å². The van der Waals surface area contributed by atoms with Crippen molar-refractivity contribution in [1.29, 1.82) is 0 Å². The Kier molecular flexibility index (Phi) is 6.03. The van der Waals surface area contributed by atoms with E-state index in [-0.39, 0.29) is 16.9 Å². The summed E-state index contributed by atoms with van der Waals surface area (Å²) in [5, 5.41) is 16.7. The van der Waals surface area contributed by atoms with Crippen LogP contribution in [-0.4, -0.2) is 22.9 Å². The number of carbonyl (C=O) groups excluding carboxylic acids is 2. The third-order valence-electron chi connectivity index (χ3n) is 4.52. The van der Waals surface area contributed by atoms with E-state index in [0.29, 0.717) is 21.8 Å². The molecule has 0 aliphatic rings. The Bertz CT molecular complexity index is 1090. The van der Waals surface area contributed by atoms with Crippen molar-refractivity contribution < 1.29 is 19.5 Å². The van der Waals surface area contributed by atoms with Crippen LogP contribution in [0.3, 0.4) is 0 Å². The van der Waals surface area contributed by atoms with Gasteiger partial charge < -0.3 is 15.7 Å². The normalized spacial score (nSPS) is 11.0. The number of nitrogens with one attached hydrogen (secondary N) is 2. The molecule has 2 amide bonds. The molecular formula is C23H22N2O4S. The van der Waals surface area contributed by atoms with Gasteiger partial charge in [-0.2, -0.15) is 0 Å². The lowest BCUT2D eigenvalue weighted by molar-refractivity contribution is 0.0696. The molecule has 0 spiro atoms. The van der Waals surface area contributed by atoms with E-state index >= 15 is 0 Å². The Morgan fingerprint density at radius 2 is 1.57 bits per heavy atom. The summed E-state index contributed by atoms with van der Waals surface area (Å²) in [5.41, 5.74) is 2.36. The summed E-state index contributed by atoms with van der Waals surface area (Å²) >= 11 is 1.24. The quantitative estimate of drug-likeness (QED) is 0.523. The fraction of sp³-hybridized carbons (Fsp3) is 0.174. The second kappa shape index (κ2) is 8.51. The molecule has 154 valence electrons. The molecule has 0 fully saturated rings. The van der Waals surface area contributed by atoms with Crippen molar-refractivity contribution in [2.45, 2.75) is 26.2 Å². The Morgan fingerprint density at radius 3 is 2.20 bits per heavy atom. The Hall–Kier alpha value is -3.45. The van der Waals surface area contributed by atoms with E-state index in [0.717, 1.165) is 5.56 Å². The van der Waals surface area contributed by atoms with Gasteiger partial charge in [-0.15, -0.1) is 11.3 Å². The molecule has 0 aliphatic carbocycles. The monoisotopic (exact) mass is 422 g/mol. The molecule has 0 radical (unpaired) electrons. The Morgan fingerprint density at radius 1 is 0.867 bits per heavy atom. The van der Waals surface area contributed by atoms with Gasteiger partial charge >= 0.3 is 5.97 Å². The third kappa shape index (κ3) is 4.93. The molecule has 0 saturated carbocycles. The first kappa shape index (κ1) is 21.3. The second-order valence-electron chi connectivity index (χ2n) is 7.78. The number of hydrogen-bond donors (Lipinski definition) is 3. The zero-order valence-corrected chi connectivity index (χ0v) is 17.7. The number of carboxylic acid groups (broad SMARTS) is 1. The maximum absolute atomic E-state index is 12.6. The standard InChI is InChI=1S/C23H22N2O4S/c1-23(2,3)16-9-7-14(8-10-16)19(26)25-21-18(11-12-30-21)20(27)24-17-6-4-5-15(13-17)22(28)29/h4-13H,1-3H3,(H,24,27)(H,25,26)(H,28,29). The first-order valence-electron chi connectivity index (χ1n) is 9.29. The number of carbonyl (C=O) groups is 3. The Labute approximate surface area is 178 Å². The van der Waals surface area contributed by atoms with Crippen LogP contribution in [0, 0.1) is 0 Å². The lowest BCUT2D eigenvalue weighted by atomic mass is 9.87. The molecule has 30 heavy (non-hydrogen) atoms. The van der Waals surface area contributed by atoms with Gasteiger partial charge in [0.05, 0.1) is 11.1 Å². The fourth-order valence-corrected chi connectivity index (χ4v) is 3.59. The molecule has 0 saturated heterocycles. The van der Waals surface area contributed by atoms with Crippen molar-refractivity contribution in [3.05, 3.63) is 82.2 Å². The van der Waals surface area contributed by atoms with Gasteiger partial charge in [-0.1, -0.05) is 39.0 Å². The highest BCUT2D eigenvalue weighted by Gasteiger charge is 2.18. The summed E-state index contributed by atoms with van der Waals surface area (Å²) in [6, 6.07) is 15.0. The van der Waals surface area contributed by atoms with Gasteiger partial charge in [0.25, 0.3) is 11.8 Å². The average molecular weight is 423 g/mol. The molecule has 7 heteroatoms. The van der Waals surface area contributed by atoms with Crippen LogP contribution in [-0.2, 0) is 5.41 Å². The molecule has 0 bridgehead atoms. The largest absolute Gasteiger partial charge is 0.478 e. The summed E-state index contributed by atoms with van der Waals surface area (Å²) < 4.78 is 0. The first-order chi connectivity index (χ1) is 14.1. The van der Waals surface area contributed by atoms with Crippen molar-refractivity contribution >= 4 is 39.8 Å². The second-order valence-corrected chi connectivity index (χ2v) is 8.70. The lowest BCUT2D eigenvalue weighted by Gasteiger charge is -2.19. The number of aromatic carboxylic acids is 1. The maximum Gasteiger partial charge on any atom is 0.335 e. The van der Waals surface area contributed by atoms with Crippen molar-refractivity contribution in [3.63, 3.8) is 0 Å². The number of anilines is 2. The molecule has 1 heterocycles. The molecule has 3 rings (SSSR count). The van der Waals surface area contributed by atoms with Crippen LogP contribution in [0.25, 0.3) is 0 Å². The predicted molar refractivity (Wildman–Crippen MR) is 119 cm³/mol. The number of carboxylic acids is 1. The van der Waals surface area contributed by atoms with Crippen molar-refractivity contribution in [2.75, 3.05) is 10.6 Å². The van der Waals surface area contributed by atoms with E-state index in [1.807, 2.05) is 12.1 Å². The van der Waals surface area contributed by atoms with Crippen LogP contribution >= 0.6 is 11.3 Å². The summed E-state index contributed by atoms with van der Waals surface area (Å²) in [4.78, 5) is 36.4. The molecule has 0 atom stereocenters. The summed E-state index contributed by atoms with van der Waals surface area (Å²) in [7, 11) is 0. The minimum Gasteiger partial charge on any atom is -0.478 e. The molecule has 3 aromatic rings. The van der Waals surface area contributed by atoms with Crippen LogP contribution in [0.1, 0.15) is 57.4 Å². The highest BCUT2D eigenvalue weighted by molar-refractivity contribution is 7.14. The van der Waals surface area contributed by atoms with Crippen molar-refractivity contribution in [2.24, 2.45) is 0 Å². The maximum atomic E-state index is 12.6. The van der Waals surface area contributed by atoms with E-state index in [4.69, 9.17) is 5.11 Å². The van der Waals surface area contributed by atoms with Crippen LogP contribution in [0.4, 0.5) is 10.7 Å². The lowest BCUT2D eigenvalue weighted by Crippen LogP contribution is -2.17. The zero-order chi connectivity index (χ0) is 21.9. The molecule has 0 unspecified atom stereocenters. The molecule has 6 nitrogen and oxygen atoms in total. The average Bonchev–Trinajstić information content (AvgIpc) is 3.16. The minimum absolute atomic E-state index is 0.00798. The van der Waals surface area contributed by atoms with Gasteiger partial charge in [0.15, 0.2) is 0 Å². The predicted octanol–water partition coefficient (Wildman–Crippen LogP) is 5.25. The molecule has 3 N–H and O–H groups in total. The highest BCUT2D eigenvalue weighted by atomic mass is 32.1.